The summed E-state index contributed by atoms with van der Waals surface area (Å²) in [6.07, 6.45) is 6.88. The number of nitrogens with zero attached hydrogens (tertiary/aromatic N) is 5. The Kier molecular flexibility index (Phi) is 10.2. The number of aryl methyl sites for hydroxylation is 2. The number of aromatic nitrogens is 3. The van der Waals surface area contributed by atoms with Crippen molar-refractivity contribution in [3.05, 3.63) is 76.8 Å². The molecule has 1 fully saturated rings. The van der Waals surface area contributed by atoms with Gasteiger partial charge in [-0.2, -0.15) is 0 Å². The molecule has 1 amide bonds. The molecule has 1 aliphatic heterocycles. The van der Waals surface area contributed by atoms with Crippen LogP contribution in [0.25, 0.3) is 11.3 Å². The lowest BCUT2D eigenvalue weighted by Gasteiger charge is -2.34. The summed E-state index contributed by atoms with van der Waals surface area (Å²) in [4.78, 5) is 30.1. The van der Waals surface area contributed by atoms with Gasteiger partial charge < -0.3 is 4.90 Å². The molecule has 0 aliphatic carbocycles. The Morgan fingerprint density at radius 3 is 2.46 bits per heavy atom. The Balaban J connectivity index is 1.49. The number of carbonyl (C=O) groups is 1. The zero-order valence-corrected chi connectivity index (χ0v) is 24.5. The van der Waals surface area contributed by atoms with Gasteiger partial charge in [0.1, 0.15) is 12.1 Å². The molecular weight excluding hydrogens is 543 g/mol. The van der Waals surface area contributed by atoms with E-state index in [0.717, 1.165) is 36.0 Å². The molecule has 1 N–H and O–H groups in total. The number of carbonyl (C=O) groups excluding carboxylic acids is 1. The summed E-state index contributed by atoms with van der Waals surface area (Å²) in [5, 5.41) is 0. The molecule has 9 nitrogen and oxygen atoms in total. The van der Waals surface area contributed by atoms with Crippen LogP contribution < -0.4 is 4.72 Å². The Hall–Kier alpha value is -3.72. The number of hydrogen-bond donors (Lipinski definition) is 1. The van der Waals surface area contributed by atoms with Gasteiger partial charge in [0.15, 0.2) is 0 Å². The van der Waals surface area contributed by atoms with Crippen molar-refractivity contribution in [3.8, 4) is 23.1 Å². The second-order valence-electron chi connectivity index (χ2n) is 9.93. The van der Waals surface area contributed by atoms with E-state index in [0.29, 0.717) is 62.5 Å². The minimum atomic E-state index is -3.24. The van der Waals surface area contributed by atoms with E-state index in [1.54, 1.807) is 17.2 Å². The second-order valence-corrected chi connectivity index (χ2v) is 11.8. The minimum absolute atomic E-state index is 0.00316. The first-order chi connectivity index (χ1) is 19.7. The molecule has 11 heteroatoms. The highest BCUT2D eigenvalue weighted by molar-refractivity contribution is 7.88. The van der Waals surface area contributed by atoms with Gasteiger partial charge in [0.2, 0.25) is 10.0 Å². The van der Waals surface area contributed by atoms with Crippen molar-refractivity contribution in [3.63, 3.8) is 0 Å². The molecule has 0 saturated carbocycles. The van der Waals surface area contributed by atoms with Gasteiger partial charge in [0, 0.05) is 62.3 Å². The van der Waals surface area contributed by atoms with Crippen molar-refractivity contribution in [2.24, 2.45) is 0 Å². The Morgan fingerprint density at radius 2 is 1.83 bits per heavy atom. The molecule has 0 unspecified atom stereocenters. The van der Waals surface area contributed by atoms with Crippen LogP contribution in [-0.2, 0) is 22.9 Å². The summed E-state index contributed by atoms with van der Waals surface area (Å²) < 4.78 is 40.3. The van der Waals surface area contributed by atoms with Gasteiger partial charge in [0.25, 0.3) is 5.91 Å². The van der Waals surface area contributed by atoms with E-state index in [2.05, 4.69) is 43.3 Å². The van der Waals surface area contributed by atoms with Crippen LogP contribution in [0.2, 0.25) is 0 Å². The summed E-state index contributed by atoms with van der Waals surface area (Å²) in [5.74, 6) is 5.32. The maximum absolute atomic E-state index is 15.4. The molecule has 2 aromatic heterocycles. The summed E-state index contributed by atoms with van der Waals surface area (Å²) in [7, 11) is -3.24. The molecule has 0 bridgehead atoms. The number of amides is 1. The van der Waals surface area contributed by atoms with E-state index in [-0.39, 0.29) is 11.5 Å². The van der Waals surface area contributed by atoms with Crippen LogP contribution in [-0.4, -0.2) is 84.6 Å². The first-order valence-electron chi connectivity index (χ1n) is 13.8. The highest BCUT2D eigenvalue weighted by Crippen LogP contribution is 2.26. The molecule has 3 heterocycles. The topological polar surface area (TPSA) is 108 Å². The second kappa shape index (κ2) is 13.8. The predicted molar refractivity (Wildman–Crippen MR) is 156 cm³/mol. The molecule has 1 aromatic carbocycles. The molecule has 0 atom stereocenters. The summed E-state index contributed by atoms with van der Waals surface area (Å²) in [6.45, 7) is 6.95. The Morgan fingerprint density at radius 1 is 1.05 bits per heavy atom. The van der Waals surface area contributed by atoms with Crippen LogP contribution in [0.1, 0.15) is 53.1 Å². The molecule has 0 spiro atoms. The van der Waals surface area contributed by atoms with Crippen LogP contribution in [0.4, 0.5) is 4.39 Å². The summed E-state index contributed by atoms with van der Waals surface area (Å²) >= 11 is 0. The number of benzene rings is 1. The normalized spacial score (nSPS) is 14.0. The Labute approximate surface area is 241 Å². The largest absolute Gasteiger partial charge is 0.336 e. The number of halogens is 1. The number of hydrogen-bond acceptors (Lipinski definition) is 7. The van der Waals surface area contributed by atoms with E-state index in [4.69, 9.17) is 0 Å². The van der Waals surface area contributed by atoms with Gasteiger partial charge in [-0.3, -0.25) is 14.7 Å². The third-order valence-corrected chi connectivity index (χ3v) is 7.58. The number of nitrogens with one attached hydrogen (secondary N) is 1. The summed E-state index contributed by atoms with van der Waals surface area (Å²) in [6, 6.07) is 8.42. The van der Waals surface area contributed by atoms with Crippen LogP contribution in [0.5, 0.6) is 0 Å². The smallest absolute Gasteiger partial charge is 0.256 e. The van der Waals surface area contributed by atoms with Crippen LogP contribution >= 0.6 is 0 Å². The maximum atomic E-state index is 15.4. The zero-order chi connectivity index (χ0) is 29.4. The molecule has 0 radical (unpaired) electrons. The molecule has 1 aliphatic rings. The lowest BCUT2D eigenvalue weighted by Crippen LogP contribution is -2.50. The average molecular weight is 579 g/mol. The SMILES string of the molecule is CCCc1ccc(C#Cc2c(CC)ncnc2-c2ccc(C(=O)N3CCN(CCNS(C)(=O)=O)CC3)c(F)c2)cn1. The van der Waals surface area contributed by atoms with E-state index in [1.165, 1.54) is 18.5 Å². The van der Waals surface area contributed by atoms with Gasteiger partial charge in [0.05, 0.1) is 28.8 Å². The van der Waals surface area contributed by atoms with Crippen molar-refractivity contribution >= 4 is 15.9 Å². The average Bonchev–Trinajstić information content (AvgIpc) is 2.96. The molecule has 1 saturated heterocycles. The number of sulfonamides is 1. The van der Waals surface area contributed by atoms with E-state index in [1.807, 2.05) is 19.1 Å². The number of rotatable bonds is 9. The van der Waals surface area contributed by atoms with Crippen molar-refractivity contribution < 1.29 is 17.6 Å². The lowest BCUT2D eigenvalue weighted by atomic mass is 10.0. The highest BCUT2D eigenvalue weighted by atomic mass is 32.2. The standard InChI is InChI=1S/C30H35FN6O3S/c1-4-6-24-10-7-22(20-32-24)8-11-26-28(5-2)33-21-34-29(26)23-9-12-25(27(31)19-23)30(38)37-17-15-36(16-18-37)14-13-35-41(3,39)40/h7,9-10,12,19-21,35H,4-6,13-18H2,1-3H3. The molecule has 3 aromatic rings. The van der Waals surface area contributed by atoms with Crippen molar-refractivity contribution in [1.29, 1.82) is 0 Å². The van der Waals surface area contributed by atoms with Crippen molar-refractivity contribution in [1.82, 2.24) is 29.5 Å². The first kappa shape index (κ1) is 30.2. The monoisotopic (exact) mass is 578 g/mol. The quantitative estimate of drug-likeness (QED) is 0.389. The fourth-order valence-corrected chi connectivity index (χ4v) is 5.11. The third kappa shape index (κ3) is 8.16. The van der Waals surface area contributed by atoms with Crippen LogP contribution in [0.15, 0.2) is 42.9 Å². The van der Waals surface area contributed by atoms with Crippen molar-refractivity contribution in [2.45, 2.75) is 33.1 Å². The third-order valence-electron chi connectivity index (χ3n) is 6.85. The van der Waals surface area contributed by atoms with Crippen molar-refractivity contribution in [2.75, 3.05) is 45.5 Å². The number of piperazine rings is 1. The van der Waals surface area contributed by atoms with E-state index in [9.17, 15) is 13.2 Å². The summed E-state index contributed by atoms with van der Waals surface area (Å²) in [5.41, 5.74) is 4.17. The lowest BCUT2D eigenvalue weighted by molar-refractivity contribution is 0.0635. The fraction of sp³-hybridized carbons (Fsp3) is 0.400. The van der Waals surface area contributed by atoms with E-state index >= 15 is 4.39 Å². The molecule has 216 valence electrons. The van der Waals surface area contributed by atoms with Gasteiger partial charge in [-0.15, -0.1) is 0 Å². The molecule has 41 heavy (non-hydrogen) atoms. The maximum Gasteiger partial charge on any atom is 0.256 e. The molecular formula is C30H35FN6O3S. The minimum Gasteiger partial charge on any atom is -0.336 e. The predicted octanol–water partition coefficient (Wildman–Crippen LogP) is 2.90. The highest BCUT2D eigenvalue weighted by Gasteiger charge is 2.25. The zero-order valence-electron chi connectivity index (χ0n) is 23.7. The van der Waals surface area contributed by atoms with Gasteiger partial charge in [-0.1, -0.05) is 38.2 Å². The molecule has 4 rings (SSSR count). The van der Waals surface area contributed by atoms with Gasteiger partial charge >= 0.3 is 0 Å². The van der Waals surface area contributed by atoms with E-state index < -0.39 is 15.8 Å². The van der Waals surface area contributed by atoms with Gasteiger partial charge in [-0.25, -0.2) is 27.5 Å². The fourth-order valence-electron chi connectivity index (χ4n) is 4.65. The van der Waals surface area contributed by atoms with Gasteiger partial charge in [-0.05, 0) is 37.1 Å². The number of pyridine rings is 1. The van der Waals surface area contributed by atoms with Crippen LogP contribution in [0.3, 0.4) is 0 Å². The first-order valence-corrected chi connectivity index (χ1v) is 15.6. The van der Waals surface area contributed by atoms with Crippen LogP contribution in [0, 0.1) is 17.7 Å². The Bertz CT molecular complexity index is 1540.